The molecule has 0 fully saturated rings. The summed E-state index contributed by atoms with van der Waals surface area (Å²) in [5, 5.41) is 12.2. The first kappa shape index (κ1) is 21.3. The molecule has 0 saturated heterocycles. The van der Waals surface area contributed by atoms with Crippen LogP contribution in [0.15, 0.2) is 0 Å². The van der Waals surface area contributed by atoms with E-state index in [1.54, 1.807) is 13.8 Å². The summed E-state index contributed by atoms with van der Waals surface area (Å²) >= 11 is 0. The predicted octanol–water partition coefficient (Wildman–Crippen LogP) is 1.46. The molecule has 0 aliphatic rings. The minimum absolute atomic E-state index is 0.0420. The maximum absolute atomic E-state index is 12.2. The zero-order valence-electron chi connectivity index (χ0n) is 14.6. The van der Waals surface area contributed by atoms with Crippen molar-refractivity contribution < 1.29 is 14.1 Å². The summed E-state index contributed by atoms with van der Waals surface area (Å²) in [6.07, 6.45) is 1.38. The highest BCUT2D eigenvalue weighted by molar-refractivity contribution is 7.92. The van der Waals surface area contributed by atoms with Gasteiger partial charge in [0.2, 0.25) is 5.91 Å². The van der Waals surface area contributed by atoms with Crippen molar-refractivity contribution in [3.05, 3.63) is 0 Å². The van der Waals surface area contributed by atoms with Crippen LogP contribution in [0.5, 0.6) is 0 Å². The topological polar surface area (TPSA) is 116 Å². The average molecular weight is 336 g/mol. The number of carbonyl (C=O) groups is 1. The van der Waals surface area contributed by atoms with Crippen molar-refractivity contribution in [3.8, 4) is 0 Å². The van der Waals surface area contributed by atoms with E-state index in [0.717, 1.165) is 0 Å². The Kier molecular flexibility index (Phi) is 8.02. The summed E-state index contributed by atoms with van der Waals surface area (Å²) in [6.45, 7) is 9.82. The number of nitrogens with two attached hydrogens (primary N) is 1. The molecule has 1 amide bonds. The van der Waals surface area contributed by atoms with E-state index < -0.39 is 21.4 Å². The zero-order valence-corrected chi connectivity index (χ0v) is 15.4. The Morgan fingerprint density at radius 2 is 1.77 bits per heavy atom. The van der Waals surface area contributed by atoms with E-state index in [1.807, 2.05) is 20.8 Å². The Labute approximate surface area is 135 Å². The first-order chi connectivity index (χ1) is 9.72. The van der Waals surface area contributed by atoms with Crippen molar-refractivity contribution in [2.75, 3.05) is 18.1 Å². The lowest BCUT2D eigenvalue weighted by Crippen LogP contribution is -2.43. The standard InChI is InChI=1S/C15H33N3O3S/c1-14(2,3)8-11-22(17,21)10-6-12(16)13(19)18-9-7-15(4,5)20/h12,17,20H,6-11,16H2,1-5H3,(H,18,19)/t12-,22?/m0/s1. The molecule has 6 nitrogen and oxygen atoms in total. The second kappa shape index (κ2) is 8.26. The molecule has 2 atom stereocenters. The van der Waals surface area contributed by atoms with Crippen molar-refractivity contribution >= 4 is 15.6 Å². The van der Waals surface area contributed by atoms with E-state index >= 15 is 0 Å². The number of carbonyl (C=O) groups excluding carboxylic acids is 1. The molecule has 0 heterocycles. The molecule has 0 aromatic rings. The number of rotatable bonds is 9. The highest BCUT2D eigenvalue weighted by Crippen LogP contribution is 2.19. The molecule has 132 valence electrons. The van der Waals surface area contributed by atoms with Gasteiger partial charge in [0.1, 0.15) is 0 Å². The van der Waals surface area contributed by atoms with Gasteiger partial charge in [0.05, 0.1) is 11.6 Å². The van der Waals surface area contributed by atoms with Crippen LogP contribution in [0.1, 0.15) is 53.9 Å². The third-order valence-corrected chi connectivity index (χ3v) is 5.07. The van der Waals surface area contributed by atoms with Gasteiger partial charge in [-0.25, -0.2) is 4.21 Å². The van der Waals surface area contributed by atoms with Crippen LogP contribution in [-0.4, -0.2) is 44.9 Å². The predicted molar refractivity (Wildman–Crippen MR) is 91.2 cm³/mol. The number of aliphatic hydroxyl groups is 1. The number of nitrogens with one attached hydrogen (secondary N) is 2. The van der Waals surface area contributed by atoms with Crippen LogP contribution in [0, 0.1) is 10.2 Å². The molecule has 0 aliphatic heterocycles. The minimum Gasteiger partial charge on any atom is -0.390 e. The largest absolute Gasteiger partial charge is 0.390 e. The van der Waals surface area contributed by atoms with Crippen molar-refractivity contribution in [2.24, 2.45) is 11.1 Å². The number of amides is 1. The van der Waals surface area contributed by atoms with Crippen LogP contribution in [-0.2, 0) is 14.5 Å². The van der Waals surface area contributed by atoms with Crippen LogP contribution in [0.25, 0.3) is 0 Å². The summed E-state index contributed by atoms with van der Waals surface area (Å²) in [5.41, 5.74) is 4.98. The third-order valence-electron chi connectivity index (χ3n) is 3.31. The molecule has 0 saturated carbocycles. The van der Waals surface area contributed by atoms with Gasteiger partial charge >= 0.3 is 0 Å². The Morgan fingerprint density at radius 3 is 2.23 bits per heavy atom. The van der Waals surface area contributed by atoms with E-state index in [0.29, 0.717) is 25.1 Å². The van der Waals surface area contributed by atoms with Crippen LogP contribution in [0.2, 0.25) is 0 Å². The summed E-state index contributed by atoms with van der Waals surface area (Å²) in [4.78, 5) is 11.8. The first-order valence-corrected chi connectivity index (χ1v) is 9.61. The van der Waals surface area contributed by atoms with Gasteiger partial charge < -0.3 is 16.2 Å². The van der Waals surface area contributed by atoms with E-state index in [2.05, 4.69) is 5.32 Å². The lowest BCUT2D eigenvalue weighted by atomic mass is 9.94. The van der Waals surface area contributed by atoms with Gasteiger partial charge in [-0.1, -0.05) is 20.8 Å². The molecular formula is C15H33N3O3S. The average Bonchev–Trinajstić information content (AvgIpc) is 2.31. The normalized spacial score (nSPS) is 16.9. The minimum atomic E-state index is -2.69. The maximum Gasteiger partial charge on any atom is 0.236 e. The van der Waals surface area contributed by atoms with Crippen LogP contribution in [0.3, 0.4) is 0 Å². The summed E-state index contributed by atoms with van der Waals surface area (Å²) in [6, 6.07) is -0.761. The van der Waals surface area contributed by atoms with Gasteiger partial charge in [-0.2, -0.15) is 0 Å². The number of hydrogen-bond acceptors (Lipinski definition) is 5. The first-order valence-electron chi connectivity index (χ1n) is 7.72. The van der Waals surface area contributed by atoms with Gasteiger partial charge in [-0.05, 0) is 38.5 Å². The monoisotopic (exact) mass is 335 g/mol. The van der Waals surface area contributed by atoms with Crippen molar-refractivity contribution in [1.29, 1.82) is 4.78 Å². The summed E-state index contributed by atoms with van der Waals surface area (Å²) < 4.78 is 20.0. The zero-order chi connectivity index (χ0) is 17.6. The van der Waals surface area contributed by atoms with Gasteiger partial charge in [-0.3, -0.25) is 9.57 Å². The van der Waals surface area contributed by atoms with Gasteiger partial charge in [0.25, 0.3) is 0 Å². The van der Waals surface area contributed by atoms with Crippen molar-refractivity contribution in [1.82, 2.24) is 5.32 Å². The fraction of sp³-hybridized carbons (Fsp3) is 0.933. The maximum atomic E-state index is 12.2. The van der Waals surface area contributed by atoms with E-state index in [1.165, 1.54) is 0 Å². The molecule has 0 spiro atoms. The summed E-state index contributed by atoms with van der Waals surface area (Å²) in [7, 11) is -2.69. The lowest BCUT2D eigenvalue weighted by Gasteiger charge is -2.20. The van der Waals surface area contributed by atoms with E-state index in [4.69, 9.17) is 10.5 Å². The second-order valence-electron chi connectivity index (χ2n) is 7.78. The van der Waals surface area contributed by atoms with Crippen molar-refractivity contribution in [3.63, 3.8) is 0 Å². The quantitative estimate of drug-likeness (QED) is 0.510. The lowest BCUT2D eigenvalue weighted by molar-refractivity contribution is -0.122. The molecule has 0 rings (SSSR count). The molecule has 0 aliphatic carbocycles. The molecule has 22 heavy (non-hydrogen) atoms. The Balaban J connectivity index is 4.15. The molecule has 0 radical (unpaired) electrons. The smallest absolute Gasteiger partial charge is 0.236 e. The molecule has 1 unspecified atom stereocenters. The molecule has 0 aromatic carbocycles. The van der Waals surface area contributed by atoms with Gasteiger partial charge in [0, 0.05) is 27.8 Å². The Bertz CT molecular complexity index is 448. The Hall–Kier alpha value is -0.660. The van der Waals surface area contributed by atoms with E-state index in [9.17, 15) is 14.1 Å². The van der Waals surface area contributed by atoms with Gasteiger partial charge in [-0.15, -0.1) is 0 Å². The molecule has 0 bridgehead atoms. The molecule has 5 N–H and O–H groups in total. The fourth-order valence-corrected chi connectivity index (χ4v) is 3.43. The molecule has 0 aromatic heterocycles. The van der Waals surface area contributed by atoms with Crippen LogP contribution >= 0.6 is 0 Å². The van der Waals surface area contributed by atoms with Crippen molar-refractivity contribution in [2.45, 2.75) is 65.5 Å². The molecule has 7 heteroatoms. The SMILES string of the molecule is CC(C)(C)CCS(=N)(=O)CC[C@H](N)C(=O)NCCC(C)(C)O. The second-order valence-corrected chi connectivity index (χ2v) is 10.2. The van der Waals surface area contributed by atoms with Crippen LogP contribution < -0.4 is 11.1 Å². The highest BCUT2D eigenvalue weighted by atomic mass is 32.2. The van der Waals surface area contributed by atoms with Gasteiger partial charge in [0.15, 0.2) is 0 Å². The fourth-order valence-electron chi connectivity index (χ4n) is 1.64. The van der Waals surface area contributed by atoms with Crippen LogP contribution in [0.4, 0.5) is 0 Å². The molecular weight excluding hydrogens is 302 g/mol. The van der Waals surface area contributed by atoms with E-state index in [-0.39, 0.29) is 23.5 Å². The number of hydrogen-bond donors (Lipinski definition) is 4. The Morgan fingerprint density at radius 1 is 1.23 bits per heavy atom. The highest BCUT2D eigenvalue weighted by Gasteiger charge is 2.19. The third kappa shape index (κ3) is 11.9. The summed E-state index contributed by atoms with van der Waals surface area (Å²) in [5.74, 6) is 0.155.